The number of pyridine rings is 1. The van der Waals surface area contributed by atoms with Gasteiger partial charge in [-0.25, -0.2) is 30.8 Å². The second-order valence-electron chi connectivity index (χ2n) is 10.5. The number of aromatic nitrogens is 4. The van der Waals surface area contributed by atoms with E-state index in [2.05, 4.69) is 39.0 Å². The molecule has 0 amide bonds. The van der Waals surface area contributed by atoms with Crippen molar-refractivity contribution < 1.29 is 21.6 Å². The molecule has 200 valence electrons. The van der Waals surface area contributed by atoms with Crippen LogP contribution in [0.15, 0.2) is 17.0 Å². The van der Waals surface area contributed by atoms with Crippen molar-refractivity contribution in [1.82, 2.24) is 29.9 Å². The Morgan fingerprint density at radius 1 is 1.19 bits per heavy atom. The summed E-state index contributed by atoms with van der Waals surface area (Å²) in [7, 11) is -4.08. The maximum Gasteiger partial charge on any atom is 0.291 e. The van der Waals surface area contributed by atoms with Gasteiger partial charge in [-0.1, -0.05) is 11.3 Å². The molecule has 37 heavy (non-hydrogen) atoms. The van der Waals surface area contributed by atoms with E-state index in [9.17, 15) is 21.6 Å². The highest BCUT2D eigenvalue weighted by molar-refractivity contribution is 7.89. The highest BCUT2D eigenvalue weighted by Gasteiger charge is 2.46. The predicted molar refractivity (Wildman–Crippen MR) is 134 cm³/mol. The molecule has 14 heteroatoms. The number of rotatable bonds is 8. The first-order valence-electron chi connectivity index (χ1n) is 12.4. The van der Waals surface area contributed by atoms with Crippen molar-refractivity contribution in [2.45, 2.75) is 74.4 Å². The first-order valence-corrected chi connectivity index (χ1v) is 14.7. The van der Waals surface area contributed by atoms with Crippen molar-refractivity contribution in [2.75, 3.05) is 24.7 Å². The van der Waals surface area contributed by atoms with Crippen LogP contribution in [0.2, 0.25) is 0 Å². The van der Waals surface area contributed by atoms with Crippen LogP contribution in [0.25, 0.3) is 16.1 Å². The third-order valence-corrected chi connectivity index (χ3v) is 9.68. The maximum atomic E-state index is 13.6. The fourth-order valence-electron chi connectivity index (χ4n) is 5.06. The first-order chi connectivity index (χ1) is 17.6. The Bertz CT molecular complexity index is 1440. The van der Waals surface area contributed by atoms with E-state index in [4.69, 9.17) is 5.10 Å². The van der Waals surface area contributed by atoms with Crippen LogP contribution in [0.5, 0.6) is 0 Å². The molecule has 0 spiro atoms. The number of hydrogen-bond donors (Lipinski definition) is 2. The van der Waals surface area contributed by atoms with Crippen molar-refractivity contribution in [3.63, 3.8) is 0 Å². The van der Waals surface area contributed by atoms with Crippen LogP contribution in [0.1, 0.15) is 62.6 Å². The number of piperazine rings is 1. The van der Waals surface area contributed by atoms with Crippen LogP contribution in [0, 0.1) is 0 Å². The van der Waals surface area contributed by atoms with Crippen molar-refractivity contribution in [2.24, 2.45) is 0 Å². The molecular weight excluding hydrogens is 527 g/mol. The number of anilines is 1. The van der Waals surface area contributed by atoms with E-state index in [1.165, 1.54) is 6.07 Å². The summed E-state index contributed by atoms with van der Waals surface area (Å²) in [6.07, 6.45) is -0.0710. The average molecular weight is 556 g/mol. The average Bonchev–Trinajstić information content (AvgIpc) is 3.74. The number of fused-ring (bicyclic) bond motifs is 1. The largest absolute Gasteiger partial charge is 0.353 e. The Hall–Kier alpha value is -2.29. The molecule has 9 nitrogen and oxygen atoms in total. The van der Waals surface area contributed by atoms with Gasteiger partial charge < -0.3 is 10.2 Å². The SMILES string of the molecule is C[C@H]1CN(c2cc(S(=O)(=O)NC3(CF)CC3)cc3c(-c4nnc(C(F)F)s4)c(C4CC4)nn23)C[C@H](C)N1. The lowest BCUT2D eigenvalue weighted by molar-refractivity contribution is 0.150. The van der Waals surface area contributed by atoms with Crippen molar-refractivity contribution in [3.8, 4) is 10.6 Å². The zero-order valence-corrected chi connectivity index (χ0v) is 22.0. The van der Waals surface area contributed by atoms with E-state index in [0.29, 0.717) is 48.5 Å². The molecule has 3 aromatic rings. The molecule has 2 saturated carbocycles. The van der Waals surface area contributed by atoms with Gasteiger partial charge in [0.1, 0.15) is 12.5 Å². The van der Waals surface area contributed by atoms with Crippen molar-refractivity contribution in [1.29, 1.82) is 0 Å². The molecule has 2 N–H and O–H groups in total. The van der Waals surface area contributed by atoms with Gasteiger partial charge in [-0.05, 0) is 45.6 Å². The molecule has 3 aliphatic rings. The molecule has 2 aliphatic carbocycles. The van der Waals surface area contributed by atoms with E-state index in [-0.39, 0.29) is 27.9 Å². The molecule has 3 aromatic heterocycles. The van der Waals surface area contributed by atoms with Gasteiger partial charge in [0.25, 0.3) is 6.43 Å². The van der Waals surface area contributed by atoms with Crippen LogP contribution < -0.4 is 14.9 Å². The van der Waals surface area contributed by atoms with Gasteiger partial charge in [0.05, 0.1) is 27.2 Å². The molecular formula is C23H28F3N7O2S2. The fraction of sp³-hybridized carbons (Fsp3) is 0.609. The van der Waals surface area contributed by atoms with Crippen LogP contribution in [-0.4, -0.2) is 65.6 Å². The highest BCUT2D eigenvalue weighted by atomic mass is 32.2. The summed E-state index contributed by atoms with van der Waals surface area (Å²) in [6, 6.07) is 3.36. The number of hydrogen-bond acceptors (Lipinski definition) is 8. The number of halogens is 3. The number of alkyl halides is 3. The van der Waals surface area contributed by atoms with E-state index < -0.39 is 33.7 Å². The number of nitrogens with zero attached hydrogens (tertiary/aromatic N) is 5. The van der Waals surface area contributed by atoms with Gasteiger partial charge in [0.15, 0.2) is 10.0 Å². The van der Waals surface area contributed by atoms with Gasteiger partial charge in [-0.2, -0.15) is 5.10 Å². The zero-order chi connectivity index (χ0) is 26.1. The Labute approximate surface area is 216 Å². The summed E-state index contributed by atoms with van der Waals surface area (Å²) in [5, 5.41) is 15.9. The third kappa shape index (κ3) is 4.61. The lowest BCUT2D eigenvalue weighted by Crippen LogP contribution is -2.54. The number of nitrogens with one attached hydrogen (secondary N) is 2. The molecule has 0 unspecified atom stereocenters. The molecule has 1 saturated heterocycles. The second kappa shape index (κ2) is 8.89. The Morgan fingerprint density at radius 2 is 1.89 bits per heavy atom. The summed E-state index contributed by atoms with van der Waals surface area (Å²) >= 11 is 0.788. The van der Waals surface area contributed by atoms with E-state index >= 15 is 0 Å². The van der Waals surface area contributed by atoms with Gasteiger partial charge in [-0.3, -0.25) is 0 Å². The summed E-state index contributed by atoms with van der Waals surface area (Å²) in [5.74, 6) is 0.719. The highest BCUT2D eigenvalue weighted by Crippen LogP contribution is 2.47. The lowest BCUT2D eigenvalue weighted by Gasteiger charge is -2.37. The zero-order valence-electron chi connectivity index (χ0n) is 20.4. The summed E-state index contributed by atoms with van der Waals surface area (Å²) in [4.78, 5) is 2.06. The first kappa shape index (κ1) is 25.0. The summed E-state index contributed by atoms with van der Waals surface area (Å²) < 4.78 is 71.6. The summed E-state index contributed by atoms with van der Waals surface area (Å²) in [5.41, 5.74) is 0.643. The van der Waals surface area contributed by atoms with Crippen LogP contribution >= 0.6 is 11.3 Å². The predicted octanol–water partition coefficient (Wildman–Crippen LogP) is 3.63. The van der Waals surface area contributed by atoms with Crippen molar-refractivity contribution in [3.05, 3.63) is 22.8 Å². The molecule has 3 fully saturated rings. The fourth-order valence-corrected chi connectivity index (χ4v) is 7.29. The van der Waals surface area contributed by atoms with E-state index in [0.717, 1.165) is 24.2 Å². The lowest BCUT2D eigenvalue weighted by atomic mass is 10.1. The Balaban J connectivity index is 1.57. The monoisotopic (exact) mass is 555 g/mol. The minimum absolute atomic E-state index is 0.0179. The Kier molecular flexibility index (Phi) is 6.01. The molecule has 6 rings (SSSR count). The summed E-state index contributed by atoms with van der Waals surface area (Å²) in [6.45, 7) is 4.56. The Morgan fingerprint density at radius 3 is 2.46 bits per heavy atom. The smallest absolute Gasteiger partial charge is 0.291 e. The molecule has 2 atom stereocenters. The topological polar surface area (TPSA) is 105 Å². The third-order valence-electron chi connectivity index (χ3n) is 7.17. The quantitative estimate of drug-likeness (QED) is 0.437. The molecule has 0 bridgehead atoms. The van der Waals surface area contributed by atoms with Crippen molar-refractivity contribution >= 4 is 32.7 Å². The maximum absolute atomic E-state index is 13.6. The molecule has 0 radical (unpaired) electrons. The van der Waals surface area contributed by atoms with E-state index in [1.54, 1.807) is 10.6 Å². The van der Waals surface area contributed by atoms with Crippen LogP contribution in [0.3, 0.4) is 0 Å². The molecule has 4 heterocycles. The number of sulfonamides is 1. The van der Waals surface area contributed by atoms with Crippen LogP contribution in [-0.2, 0) is 10.0 Å². The van der Waals surface area contributed by atoms with Gasteiger partial charge >= 0.3 is 0 Å². The van der Waals surface area contributed by atoms with Gasteiger partial charge in [0, 0.05) is 37.2 Å². The van der Waals surface area contributed by atoms with Gasteiger partial charge in [0.2, 0.25) is 10.0 Å². The normalized spacial score (nSPS) is 23.8. The minimum atomic E-state index is -4.08. The minimum Gasteiger partial charge on any atom is -0.353 e. The van der Waals surface area contributed by atoms with Gasteiger partial charge in [-0.15, -0.1) is 10.2 Å². The molecule has 1 aliphatic heterocycles. The second-order valence-corrected chi connectivity index (χ2v) is 13.2. The standard InChI is InChI=1S/C23H28F3N7O2S2/c1-12-9-32(10-13(2)27-12)17-8-15(37(34,35)31-23(11-24)5-6-23)7-16-18(19(14-3-4-14)30-33(16)17)21-28-29-22(36-21)20(25)26/h7-8,12-14,20,27,31H,3-6,9-11H2,1-2H3/t12-,13-/m0/s1. The van der Waals surface area contributed by atoms with E-state index in [1.807, 2.05) is 0 Å². The molecule has 0 aromatic carbocycles. The van der Waals surface area contributed by atoms with Crippen LogP contribution in [0.4, 0.5) is 19.0 Å².